The number of hydrogen-bond acceptors (Lipinski definition) is 3. The van der Waals surface area contributed by atoms with Crippen LogP contribution in [-0.2, 0) is 0 Å². The lowest BCUT2D eigenvalue weighted by atomic mass is 10.1. The van der Waals surface area contributed by atoms with Crippen molar-refractivity contribution in [3.63, 3.8) is 0 Å². The summed E-state index contributed by atoms with van der Waals surface area (Å²) >= 11 is 0. The Morgan fingerprint density at radius 1 is 1.18 bits per heavy atom. The molecule has 0 aliphatic heterocycles. The first-order chi connectivity index (χ1) is 8.08. The summed E-state index contributed by atoms with van der Waals surface area (Å²) in [7, 11) is 0. The van der Waals surface area contributed by atoms with E-state index in [0.717, 1.165) is 0 Å². The molecule has 0 aliphatic rings. The molecular formula is C12H9FO4. The van der Waals surface area contributed by atoms with Gasteiger partial charge in [0.25, 0.3) is 0 Å². The molecule has 5 heteroatoms. The third-order valence-electron chi connectivity index (χ3n) is 2.29. The summed E-state index contributed by atoms with van der Waals surface area (Å²) in [5.74, 6) is -1.76. The predicted molar refractivity (Wildman–Crippen MR) is 56.1 cm³/mol. The Bertz CT molecular complexity index is 530. The lowest BCUT2D eigenvalue weighted by Crippen LogP contribution is -1.98. The van der Waals surface area contributed by atoms with Gasteiger partial charge in [0.2, 0.25) is 5.76 Å². The van der Waals surface area contributed by atoms with Gasteiger partial charge in [-0.1, -0.05) is 12.1 Å². The highest BCUT2D eigenvalue weighted by atomic mass is 19.1. The minimum Gasteiger partial charge on any atom is -0.475 e. The number of carbonyl (C=O) groups is 1. The van der Waals surface area contributed by atoms with Gasteiger partial charge in [0.1, 0.15) is 17.7 Å². The summed E-state index contributed by atoms with van der Waals surface area (Å²) in [4.78, 5) is 10.6. The van der Waals surface area contributed by atoms with E-state index < -0.39 is 17.9 Å². The van der Waals surface area contributed by atoms with Gasteiger partial charge in [0, 0.05) is 0 Å². The van der Waals surface area contributed by atoms with Crippen LogP contribution in [0.25, 0.3) is 0 Å². The van der Waals surface area contributed by atoms with Gasteiger partial charge < -0.3 is 14.6 Å². The summed E-state index contributed by atoms with van der Waals surface area (Å²) < 4.78 is 17.6. The molecular weight excluding hydrogens is 227 g/mol. The maximum absolute atomic E-state index is 12.7. The Kier molecular flexibility index (Phi) is 2.93. The Labute approximate surface area is 95.9 Å². The van der Waals surface area contributed by atoms with Crippen LogP contribution in [0.2, 0.25) is 0 Å². The van der Waals surface area contributed by atoms with E-state index in [1.54, 1.807) is 0 Å². The summed E-state index contributed by atoms with van der Waals surface area (Å²) in [5.41, 5.74) is 0.428. The third kappa shape index (κ3) is 2.34. The summed E-state index contributed by atoms with van der Waals surface area (Å²) in [6.07, 6.45) is -1.11. The highest BCUT2D eigenvalue weighted by Gasteiger charge is 2.17. The molecule has 0 amide bonds. The molecule has 1 unspecified atom stereocenters. The van der Waals surface area contributed by atoms with Crippen molar-refractivity contribution in [3.8, 4) is 0 Å². The molecule has 0 aliphatic carbocycles. The number of halogens is 1. The molecule has 1 aromatic heterocycles. The van der Waals surface area contributed by atoms with Crippen molar-refractivity contribution < 1.29 is 23.8 Å². The molecule has 17 heavy (non-hydrogen) atoms. The van der Waals surface area contributed by atoms with Crippen LogP contribution < -0.4 is 0 Å². The molecule has 1 heterocycles. The SMILES string of the molecule is O=C(O)c1ccc(C(O)c2ccc(F)cc2)o1. The zero-order valence-electron chi connectivity index (χ0n) is 8.63. The highest BCUT2D eigenvalue weighted by molar-refractivity contribution is 5.84. The molecule has 1 aromatic carbocycles. The first-order valence-corrected chi connectivity index (χ1v) is 4.84. The number of furan rings is 1. The fourth-order valence-corrected chi connectivity index (χ4v) is 1.42. The van der Waals surface area contributed by atoms with Crippen LogP contribution in [0.1, 0.15) is 28.0 Å². The molecule has 0 fully saturated rings. The molecule has 0 saturated heterocycles. The Hall–Kier alpha value is -2.14. The van der Waals surface area contributed by atoms with Crippen LogP contribution in [0.5, 0.6) is 0 Å². The zero-order valence-corrected chi connectivity index (χ0v) is 8.63. The zero-order chi connectivity index (χ0) is 12.4. The topological polar surface area (TPSA) is 70.7 Å². The Morgan fingerprint density at radius 3 is 2.35 bits per heavy atom. The fourth-order valence-electron chi connectivity index (χ4n) is 1.42. The lowest BCUT2D eigenvalue weighted by molar-refractivity contribution is 0.0655. The van der Waals surface area contributed by atoms with Crippen LogP contribution in [0.4, 0.5) is 4.39 Å². The summed E-state index contributed by atoms with van der Waals surface area (Å²) in [6.45, 7) is 0. The molecule has 1 atom stereocenters. The molecule has 88 valence electrons. The lowest BCUT2D eigenvalue weighted by Gasteiger charge is -2.07. The average molecular weight is 236 g/mol. The number of benzene rings is 1. The maximum Gasteiger partial charge on any atom is 0.371 e. The summed E-state index contributed by atoms with van der Waals surface area (Å²) in [5, 5.41) is 18.5. The molecule has 0 radical (unpaired) electrons. The normalized spacial score (nSPS) is 12.4. The van der Waals surface area contributed by atoms with Crippen molar-refractivity contribution in [3.05, 3.63) is 59.3 Å². The monoisotopic (exact) mass is 236 g/mol. The van der Waals surface area contributed by atoms with Crippen molar-refractivity contribution in [1.29, 1.82) is 0 Å². The summed E-state index contributed by atoms with van der Waals surface area (Å²) in [6, 6.07) is 7.85. The van der Waals surface area contributed by atoms with E-state index in [-0.39, 0.29) is 11.5 Å². The number of carboxylic acids is 1. The quantitative estimate of drug-likeness (QED) is 0.857. The molecule has 2 N–H and O–H groups in total. The number of aromatic carboxylic acids is 1. The number of carboxylic acid groups (broad SMARTS) is 1. The maximum atomic E-state index is 12.7. The second-order valence-electron chi connectivity index (χ2n) is 3.46. The molecule has 2 aromatic rings. The van der Waals surface area contributed by atoms with Crippen molar-refractivity contribution in [1.82, 2.24) is 0 Å². The van der Waals surface area contributed by atoms with Gasteiger partial charge in [0.05, 0.1) is 0 Å². The van der Waals surface area contributed by atoms with E-state index in [1.165, 1.54) is 36.4 Å². The van der Waals surface area contributed by atoms with E-state index in [0.29, 0.717) is 5.56 Å². The fraction of sp³-hybridized carbons (Fsp3) is 0.0833. The van der Waals surface area contributed by atoms with E-state index in [9.17, 15) is 14.3 Å². The largest absolute Gasteiger partial charge is 0.475 e. The molecule has 0 saturated carbocycles. The van der Waals surface area contributed by atoms with Crippen LogP contribution in [-0.4, -0.2) is 16.2 Å². The van der Waals surface area contributed by atoms with Crippen LogP contribution >= 0.6 is 0 Å². The standard InChI is InChI=1S/C12H9FO4/c13-8-3-1-7(2-4-8)11(14)9-5-6-10(17-9)12(15)16/h1-6,11,14H,(H,15,16). The Balaban J connectivity index is 2.27. The third-order valence-corrected chi connectivity index (χ3v) is 2.29. The average Bonchev–Trinajstić information content (AvgIpc) is 2.78. The van der Waals surface area contributed by atoms with Gasteiger partial charge in [-0.15, -0.1) is 0 Å². The van der Waals surface area contributed by atoms with Crippen LogP contribution in [0.15, 0.2) is 40.8 Å². The van der Waals surface area contributed by atoms with Gasteiger partial charge in [-0.3, -0.25) is 0 Å². The minimum absolute atomic E-state index is 0.106. The van der Waals surface area contributed by atoms with Gasteiger partial charge >= 0.3 is 5.97 Å². The molecule has 0 spiro atoms. The van der Waals surface area contributed by atoms with Crippen LogP contribution in [0, 0.1) is 5.82 Å². The van der Waals surface area contributed by atoms with Crippen molar-refractivity contribution >= 4 is 5.97 Å². The molecule has 2 rings (SSSR count). The van der Waals surface area contributed by atoms with Gasteiger partial charge in [0.15, 0.2) is 0 Å². The van der Waals surface area contributed by atoms with Crippen molar-refractivity contribution in [2.75, 3.05) is 0 Å². The van der Waals surface area contributed by atoms with E-state index >= 15 is 0 Å². The Morgan fingerprint density at radius 2 is 1.82 bits per heavy atom. The predicted octanol–water partition coefficient (Wildman–Crippen LogP) is 2.20. The van der Waals surface area contributed by atoms with E-state index in [1.807, 2.05) is 0 Å². The number of hydrogen-bond donors (Lipinski definition) is 2. The molecule has 0 bridgehead atoms. The first-order valence-electron chi connectivity index (χ1n) is 4.84. The van der Waals surface area contributed by atoms with Crippen molar-refractivity contribution in [2.24, 2.45) is 0 Å². The second kappa shape index (κ2) is 4.39. The number of aliphatic hydroxyl groups excluding tert-OH is 1. The van der Waals surface area contributed by atoms with Gasteiger partial charge in [-0.2, -0.15) is 0 Å². The smallest absolute Gasteiger partial charge is 0.371 e. The van der Waals surface area contributed by atoms with Gasteiger partial charge in [-0.25, -0.2) is 9.18 Å². The van der Waals surface area contributed by atoms with Crippen LogP contribution in [0.3, 0.4) is 0 Å². The number of rotatable bonds is 3. The van der Waals surface area contributed by atoms with Crippen molar-refractivity contribution in [2.45, 2.75) is 6.10 Å². The van der Waals surface area contributed by atoms with Gasteiger partial charge in [-0.05, 0) is 29.8 Å². The van der Waals surface area contributed by atoms with E-state index in [4.69, 9.17) is 9.52 Å². The minimum atomic E-state index is -1.21. The van der Waals surface area contributed by atoms with E-state index in [2.05, 4.69) is 0 Å². The highest BCUT2D eigenvalue weighted by Crippen LogP contribution is 2.23. The second-order valence-corrected chi connectivity index (χ2v) is 3.46. The molecule has 4 nitrogen and oxygen atoms in total. The number of aliphatic hydroxyl groups is 1. The first kappa shape index (κ1) is 11.3.